The predicted molar refractivity (Wildman–Crippen MR) is 264 cm³/mol. The van der Waals surface area contributed by atoms with Crippen LogP contribution in [0.3, 0.4) is 0 Å². The number of anilines is 3. The first-order chi connectivity index (χ1) is 30.7. The zero-order chi connectivity index (χ0) is 40.7. The van der Waals surface area contributed by atoms with Gasteiger partial charge in [0, 0.05) is 33.4 Å². The quantitative estimate of drug-likeness (QED) is 0.162. The van der Waals surface area contributed by atoms with Gasteiger partial charge in [-0.1, -0.05) is 170 Å². The van der Waals surface area contributed by atoms with E-state index in [4.69, 9.17) is 4.42 Å². The Morgan fingerprint density at radius 3 is 1.42 bits per heavy atom. The molecule has 1 aromatic heterocycles. The maximum absolute atomic E-state index is 7.05. The van der Waals surface area contributed by atoms with E-state index in [0.29, 0.717) is 0 Å². The van der Waals surface area contributed by atoms with Gasteiger partial charge in [0.15, 0.2) is 0 Å². The molecule has 0 unspecified atom stereocenters. The van der Waals surface area contributed by atoms with Gasteiger partial charge in [0.05, 0.1) is 0 Å². The summed E-state index contributed by atoms with van der Waals surface area (Å²) in [7, 11) is 0. The summed E-state index contributed by atoms with van der Waals surface area (Å²) in [6.07, 6.45) is 0. The summed E-state index contributed by atoms with van der Waals surface area (Å²) in [5.41, 5.74) is 9.67. The summed E-state index contributed by atoms with van der Waals surface area (Å²) < 4.78 is 7.05. The second-order valence-electron chi connectivity index (χ2n) is 16.4. The Morgan fingerprint density at radius 1 is 0.274 bits per heavy atom. The van der Waals surface area contributed by atoms with Crippen LogP contribution in [0.1, 0.15) is 0 Å². The summed E-state index contributed by atoms with van der Waals surface area (Å²) in [4.78, 5) is 2.40. The third kappa shape index (κ3) is 5.30. The van der Waals surface area contributed by atoms with E-state index in [-0.39, 0.29) is 0 Å². The van der Waals surface area contributed by atoms with E-state index in [2.05, 4.69) is 229 Å². The summed E-state index contributed by atoms with van der Waals surface area (Å²) in [5, 5.41) is 17.0. The average molecular weight is 788 g/mol. The zero-order valence-electron chi connectivity index (χ0n) is 33.7. The van der Waals surface area contributed by atoms with Crippen LogP contribution in [0.25, 0.3) is 109 Å². The number of furan rings is 1. The predicted octanol–water partition coefficient (Wildman–Crippen LogP) is 17.3. The first-order valence-electron chi connectivity index (χ1n) is 21.3. The van der Waals surface area contributed by atoms with Gasteiger partial charge in [0.1, 0.15) is 11.2 Å². The molecule has 0 atom stereocenters. The highest BCUT2D eigenvalue weighted by Gasteiger charge is 2.22. The van der Waals surface area contributed by atoms with Gasteiger partial charge in [-0.15, -0.1) is 0 Å². The number of hydrogen-bond acceptors (Lipinski definition) is 2. The van der Waals surface area contributed by atoms with E-state index < -0.39 is 0 Å². The molecule has 0 amide bonds. The summed E-state index contributed by atoms with van der Waals surface area (Å²) in [6.45, 7) is 0. The van der Waals surface area contributed by atoms with Crippen LogP contribution < -0.4 is 4.90 Å². The van der Waals surface area contributed by atoms with E-state index in [9.17, 15) is 0 Å². The van der Waals surface area contributed by atoms with Crippen molar-refractivity contribution in [2.75, 3.05) is 4.90 Å². The maximum Gasteiger partial charge on any atom is 0.143 e. The van der Waals surface area contributed by atoms with Crippen LogP contribution in [-0.2, 0) is 0 Å². The summed E-state index contributed by atoms with van der Waals surface area (Å²) in [6, 6.07) is 81.7. The Kier molecular flexibility index (Phi) is 7.64. The van der Waals surface area contributed by atoms with Crippen molar-refractivity contribution in [1.82, 2.24) is 0 Å². The number of hydrogen-bond donors (Lipinski definition) is 0. The fourth-order valence-corrected chi connectivity index (χ4v) is 10.1. The number of nitrogens with zero attached hydrogens (tertiary/aromatic N) is 1. The van der Waals surface area contributed by atoms with Gasteiger partial charge in [-0.05, 0) is 136 Å². The molecule has 0 aliphatic heterocycles. The molecule has 0 aliphatic rings. The zero-order valence-corrected chi connectivity index (χ0v) is 33.7. The molecule has 13 aromatic rings. The molecule has 288 valence electrons. The van der Waals surface area contributed by atoms with Crippen LogP contribution in [0.15, 0.2) is 229 Å². The fourth-order valence-electron chi connectivity index (χ4n) is 10.1. The van der Waals surface area contributed by atoms with Crippen LogP contribution in [0.2, 0.25) is 0 Å². The van der Waals surface area contributed by atoms with Gasteiger partial charge in [-0.2, -0.15) is 0 Å². The molecule has 1 heterocycles. The van der Waals surface area contributed by atoms with Crippen LogP contribution in [-0.4, -0.2) is 0 Å². The molecule has 0 N–H and O–H groups in total. The van der Waals surface area contributed by atoms with Gasteiger partial charge >= 0.3 is 0 Å². The Hall–Kier alpha value is -8.20. The number of rotatable bonds is 5. The lowest BCUT2D eigenvalue weighted by atomic mass is 9.89. The second kappa shape index (κ2) is 13.7. The molecule has 0 saturated heterocycles. The van der Waals surface area contributed by atoms with Crippen molar-refractivity contribution >= 4 is 104 Å². The lowest BCUT2D eigenvalue weighted by molar-refractivity contribution is 0.670. The van der Waals surface area contributed by atoms with Crippen molar-refractivity contribution in [1.29, 1.82) is 0 Å². The summed E-state index contributed by atoms with van der Waals surface area (Å²) in [5.74, 6) is 0. The van der Waals surface area contributed by atoms with E-state index in [1.807, 2.05) is 0 Å². The smallest absolute Gasteiger partial charge is 0.143 e. The van der Waals surface area contributed by atoms with Gasteiger partial charge in [0.2, 0.25) is 0 Å². The highest BCUT2D eigenvalue weighted by atomic mass is 16.3. The SMILES string of the molecule is c1ccc(-c2ccc(N(c3ccc4oc5c(-c6cc7ccccc7c7ccccc67)c6ccccc6cc5c4c3)c3ccc4c5ccccc5c5ccccc5c4c3)cc2)cc1. The van der Waals surface area contributed by atoms with Crippen molar-refractivity contribution in [2.24, 2.45) is 0 Å². The number of benzene rings is 12. The molecule has 0 fully saturated rings. The van der Waals surface area contributed by atoms with Gasteiger partial charge in [-0.3, -0.25) is 0 Å². The van der Waals surface area contributed by atoms with Crippen LogP contribution >= 0.6 is 0 Å². The molecule has 13 rings (SSSR count). The molecule has 62 heavy (non-hydrogen) atoms. The monoisotopic (exact) mass is 787 g/mol. The molecular weight excluding hydrogens is 751 g/mol. The van der Waals surface area contributed by atoms with Crippen molar-refractivity contribution in [3.8, 4) is 22.3 Å². The molecule has 0 spiro atoms. The molecule has 0 saturated carbocycles. The third-order valence-corrected chi connectivity index (χ3v) is 13.0. The molecule has 0 bridgehead atoms. The van der Waals surface area contributed by atoms with Crippen molar-refractivity contribution in [2.45, 2.75) is 0 Å². The Labute approximate surface area is 358 Å². The molecule has 2 nitrogen and oxygen atoms in total. The molecule has 0 radical (unpaired) electrons. The molecule has 2 heteroatoms. The topological polar surface area (TPSA) is 16.4 Å². The van der Waals surface area contributed by atoms with Gasteiger partial charge in [-0.25, -0.2) is 0 Å². The van der Waals surface area contributed by atoms with Crippen LogP contribution in [0.4, 0.5) is 17.1 Å². The largest absolute Gasteiger partial charge is 0.455 e. The van der Waals surface area contributed by atoms with Crippen molar-refractivity contribution < 1.29 is 4.42 Å². The van der Waals surface area contributed by atoms with Gasteiger partial charge < -0.3 is 9.32 Å². The Morgan fingerprint density at radius 2 is 0.742 bits per heavy atom. The minimum absolute atomic E-state index is 0.862. The Bertz CT molecular complexity index is 3880. The summed E-state index contributed by atoms with van der Waals surface area (Å²) >= 11 is 0. The molecular formula is C60H37NO. The lowest BCUT2D eigenvalue weighted by Gasteiger charge is -2.26. The van der Waals surface area contributed by atoms with E-state index in [1.165, 1.54) is 81.3 Å². The average Bonchev–Trinajstić information content (AvgIpc) is 3.71. The van der Waals surface area contributed by atoms with Crippen LogP contribution in [0, 0.1) is 0 Å². The second-order valence-corrected chi connectivity index (χ2v) is 16.4. The normalized spacial score (nSPS) is 11.9. The minimum atomic E-state index is 0.862. The first-order valence-corrected chi connectivity index (χ1v) is 21.3. The lowest BCUT2D eigenvalue weighted by Crippen LogP contribution is -2.10. The maximum atomic E-state index is 7.05. The highest BCUT2D eigenvalue weighted by Crippen LogP contribution is 2.47. The number of fused-ring (bicyclic) bond motifs is 13. The Balaban J connectivity index is 1.06. The van der Waals surface area contributed by atoms with Crippen LogP contribution in [0.5, 0.6) is 0 Å². The fraction of sp³-hybridized carbons (Fsp3) is 0. The van der Waals surface area contributed by atoms with E-state index in [1.54, 1.807) is 0 Å². The van der Waals surface area contributed by atoms with Gasteiger partial charge in [0.25, 0.3) is 0 Å². The highest BCUT2D eigenvalue weighted by molar-refractivity contribution is 6.26. The van der Waals surface area contributed by atoms with E-state index in [0.717, 1.165) is 44.6 Å². The van der Waals surface area contributed by atoms with Crippen molar-refractivity contribution in [3.63, 3.8) is 0 Å². The van der Waals surface area contributed by atoms with E-state index >= 15 is 0 Å². The molecule has 0 aliphatic carbocycles. The third-order valence-electron chi connectivity index (χ3n) is 13.0. The minimum Gasteiger partial charge on any atom is -0.455 e. The first kappa shape index (κ1) is 34.6. The van der Waals surface area contributed by atoms with Crippen molar-refractivity contribution in [3.05, 3.63) is 224 Å². The standard InChI is InChI=1S/C60H37NO/c1-2-14-38(15-3-1)39-26-28-42(29-27-39)61(43-30-32-53-50-23-10-9-21-48(50)49-22-11-12-24-51(49)54(53)36-43)44-31-33-58-55(37-44)57-35-41-17-5-7-19-46(41)59(60(57)62-58)56-34-40-16-4-6-18-45(40)47-20-8-13-25-52(47)56/h1-37H. The molecule has 12 aromatic carbocycles.